The van der Waals surface area contributed by atoms with Crippen LogP contribution in [0.1, 0.15) is 15.9 Å². The molecule has 17 heavy (non-hydrogen) atoms. The first-order chi connectivity index (χ1) is 8.08. The molecule has 1 aromatic heterocycles. The highest BCUT2D eigenvalue weighted by atomic mass is 79.9. The molecule has 2 nitrogen and oxygen atoms in total. The summed E-state index contributed by atoms with van der Waals surface area (Å²) in [5, 5.41) is 4.70. The molecule has 1 aromatic carbocycles. The normalized spacial score (nSPS) is 10.3. The summed E-state index contributed by atoms with van der Waals surface area (Å²) in [5.41, 5.74) is 2.54. The Morgan fingerprint density at radius 1 is 1.35 bits per heavy atom. The van der Waals surface area contributed by atoms with Crippen molar-refractivity contribution in [1.82, 2.24) is 0 Å². The standard InChI is InChI=1S/C12H9Br2NOS/c1-7-3-2-4-9(11(7)14)15-12(16)8-5-10(13)17-6-8/h2-6H,1H3,(H,15,16). The molecule has 1 heterocycles. The fraction of sp³-hybridized carbons (Fsp3) is 0.0833. The molecule has 0 aliphatic carbocycles. The molecule has 0 saturated carbocycles. The minimum absolute atomic E-state index is 0.0988. The molecule has 0 aliphatic rings. The van der Waals surface area contributed by atoms with Crippen LogP contribution >= 0.6 is 43.2 Å². The molecule has 0 fully saturated rings. The predicted octanol–water partition coefficient (Wildman–Crippen LogP) is 4.83. The third-order valence-electron chi connectivity index (χ3n) is 2.27. The summed E-state index contributed by atoms with van der Waals surface area (Å²) >= 11 is 8.30. The van der Waals surface area contributed by atoms with Crippen LogP contribution in [0.3, 0.4) is 0 Å². The van der Waals surface area contributed by atoms with E-state index in [1.165, 1.54) is 11.3 Å². The first kappa shape index (κ1) is 12.8. The molecule has 2 rings (SSSR count). The van der Waals surface area contributed by atoms with Crippen LogP contribution in [0.15, 0.2) is 37.9 Å². The van der Waals surface area contributed by atoms with Crippen molar-refractivity contribution < 1.29 is 4.79 Å². The fourth-order valence-corrected chi connectivity index (χ4v) is 2.87. The van der Waals surface area contributed by atoms with Gasteiger partial charge in [0.05, 0.1) is 15.0 Å². The Balaban J connectivity index is 2.21. The Labute approximate surface area is 120 Å². The number of aryl methyl sites for hydroxylation is 1. The molecule has 0 spiro atoms. The lowest BCUT2D eigenvalue weighted by Crippen LogP contribution is -2.11. The van der Waals surface area contributed by atoms with Gasteiger partial charge in [-0.05, 0) is 56.5 Å². The molecule has 0 radical (unpaired) electrons. The number of halogens is 2. The first-order valence-electron chi connectivity index (χ1n) is 4.88. The van der Waals surface area contributed by atoms with Crippen molar-refractivity contribution in [3.8, 4) is 0 Å². The van der Waals surface area contributed by atoms with Crippen LogP contribution < -0.4 is 5.32 Å². The van der Waals surface area contributed by atoms with Gasteiger partial charge in [0.1, 0.15) is 0 Å². The molecule has 0 atom stereocenters. The number of hydrogen-bond donors (Lipinski definition) is 1. The van der Waals surface area contributed by atoms with Crippen molar-refractivity contribution in [3.63, 3.8) is 0 Å². The average Bonchev–Trinajstić information content (AvgIpc) is 2.72. The van der Waals surface area contributed by atoms with Crippen LogP contribution in [0.25, 0.3) is 0 Å². The summed E-state index contributed by atoms with van der Waals surface area (Å²) in [4.78, 5) is 11.9. The second-order valence-corrected chi connectivity index (χ2v) is 6.61. The quantitative estimate of drug-likeness (QED) is 0.800. The zero-order chi connectivity index (χ0) is 12.4. The van der Waals surface area contributed by atoms with Crippen molar-refractivity contribution in [2.45, 2.75) is 6.92 Å². The number of rotatable bonds is 2. The molecule has 5 heteroatoms. The maximum Gasteiger partial charge on any atom is 0.256 e. The molecule has 1 N–H and O–H groups in total. The van der Waals surface area contributed by atoms with Gasteiger partial charge in [-0.25, -0.2) is 0 Å². The topological polar surface area (TPSA) is 29.1 Å². The molecular formula is C12H9Br2NOS. The maximum absolute atomic E-state index is 11.9. The number of thiophene rings is 1. The van der Waals surface area contributed by atoms with E-state index in [1.54, 1.807) is 0 Å². The van der Waals surface area contributed by atoms with Crippen molar-refractivity contribution in [2.24, 2.45) is 0 Å². The summed E-state index contributed by atoms with van der Waals surface area (Å²) in [6.07, 6.45) is 0. The van der Waals surface area contributed by atoms with E-state index in [9.17, 15) is 4.79 Å². The number of nitrogens with one attached hydrogen (secondary N) is 1. The second kappa shape index (κ2) is 5.33. The Morgan fingerprint density at radius 2 is 2.12 bits per heavy atom. The van der Waals surface area contributed by atoms with E-state index < -0.39 is 0 Å². The summed E-state index contributed by atoms with van der Waals surface area (Å²) in [6, 6.07) is 7.58. The second-order valence-electron chi connectivity index (χ2n) is 3.53. The number of carbonyl (C=O) groups excluding carboxylic acids is 1. The molecule has 0 aliphatic heterocycles. The highest BCUT2D eigenvalue weighted by Gasteiger charge is 2.10. The number of carbonyl (C=O) groups is 1. The van der Waals surface area contributed by atoms with Crippen molar-refractivity contribution in [3.05, 3.63) is 49.0 Å². The Hall–Kier alpha value is -0.650. The van der Waals surface area contributed by atoms with Gasteiger partial charge in [-0.2, -0.15) is 0 Å². The van der Waals surface area contributed by atoms with E-state index in [2.05, 4.69) is 37.2 Å². The number of amides is 1. The van der Waals surface area contributed by atoms with Crippen LogP contribution in [-0.2, 0) is 0 Å². The Bertz CT molecular complexity index is 565. The molecule has 88 valence electrons. The number of anilines is 1. The Kier molecular flexibility index (Phi) is 4.01. The lowest BCUT2D eigenvalue weighted by Gasteiger charge is -2.08. The van der Waals surface area contributed by atoms with E-state index in [-0.39, 0.29) is 5.91 Å². The highest BCUT2D eigenvalue weighted by Crippen LogP contribution is 2.27. The van der Waals surface area contributed by atoms with E-state index in [4.69, 9.17) is 0 Å². The fourth-order valence-electron chi connectivity index (χ4n) is 1.37. The first-order valence-corrected chi connectivity index (χ1v) is 7.35. The predicted molar refractivity (Wildman–Crippen MR) is 78.9 cm³/mol. The molecule has 0 bridgehead atoms. The average molecular weight is 375 g/mol. The number of hydrogen-bond acceptors (Lipinski definition) is 2. The van der Waals surface area contributed by atoms with Gasteiger partial charge in [0.15, 0.2) is 0 Å². The third kappa shape index (κ3) is 2.97. The van der Waals surface area contributed by atoms with Crippen LogP contribution in [0.5, 0.6) is 0 Å². The smallest absolute Gasteiger partial charge is 0.256 e. The minimum atomic E-state index is -0.0988. The van der Waals surface area contributed by atoms with Gasteiger partial charge >= 0.3 is 0 Å². The third-order valence-corrected chi connectivity index (χ3v) is 4.83. The summed E-state index contributed by atoms with van der Waals surface area (Å²) in [6.45, 7) is 1.99. The van der Waals surface area contributed by atoms with Gasteiger partial charge in [-0.3, -0.25) is 4.79 Å². The number of benzene rings is 1. The lowest BCUT2D eigenvalue weighted by atomic mass is 10.2. The van der Waals surface area contributed by atoms with E-state index in [0.29, 0.717) is 5.56 Å². The van der Waals surface area contributed by atoms with Gasteiger partial charge in [0, 0.05) is 9.85 Å². The largest absolute Gasteiger partial charge is 0.321 e. The maximum atomic E-state index is 11.9. The van der Waals surface area contributed by atoms with Crippen LogP contribution in [0.2, 0.25) is 0 Å². The molecule has 2 aromatic rings. The summed E-state index contributed by atoms with van der Waals surface area (Å²) in [7, 11) is 0. The van der Waals surface area contributed by atoms with Gasteiger partial charge in [0.2, 0.25) is 0 Å². The summed E-state index contributed by atoms with van der Waals surface area (Å²) in [5.74, 6) is -0.0988. The Morgan fingerprint density at radius 3 is 2.76 bits per heavy atom. The molecule has 1 amide bonds. The minimum Gasteiger partial charge on any atom is -0.321 e. The SMILES string of the molecule is Cc1cccc(NC(=O)c2csc(Br)c2)c1Br. The van der Waals surface area contributed by atoms with Gasteiger partial charge in [-0.1, -0.05) is 12.1 Å². The van der Waals surface area contributed by atoms with Crippen LogP contribution in [0, 0.1) is 6.92 Å². The molecular weight excluding hydrogens is 366 g/mol. The van der Waals surface area contributed by atoms with Crippen LogP contribution in [0.4, 0.5) is 5.69 Å². The molecule has 0 saturated heterocycles. The van der Waals surface area contributed by atoms with Crippen molar-refractivity contribution in [2.75, 3.05) is 5.32 Å². The monoisotopic (exact) mass is 373 g/mol. The van der Waals surface area contributed by atoms with Crippen LogP contribution in [-0.4, -0.2) is 5.91 Å². The lowest BCUT2D eigenvalue weighted by molar-refractivity contribution is 0.102. The van der Waals surface area contributed by atoms with Crippen molar-refractivity contribution >= 4 is 54.8 Å². The highest BCUT2D eigenvalue weighted by molar-refractivity contribution is 9.11. The van der Waals surface area contributed by atoms with E-state index >= 15 is 0 Å². The van der Waals surface area contributed by atoms with Gasteiger partial charge in [-0.15, -0.1) is 11.3 Å². The summed E-state index contributed by atoms with van der Waals surface area (Å²) < 4.78 is 1.87. The van der Waals surface area contributed by atoms with E-state index in [0.717, 1.165) is 19.5 Å². The molecule has 0 unspecified atom stereocenters. The van der Waals surface area contributed by atoms with Gasteiger partial charge < -0.3 is 5.32 Å². The van der Waals surface area contributed by atoms with E-state index in [1.807, 2.05) is 36.6 Å². The zero-order valence-electron chi connectivity index (χ0n) is 8.96. The van der Waals surface area contributed by atoms with Crippen molar-refractivity contribution in [1.29, 1.82) is 0 Å². The van der Waals surface area contributed by atoms with Gasteiger partial charge in [0.25, 0.3) is 5.91 Å². The zero-order valence-corrected chi connectivity index (χ0v) is 12.9.